The molecule has 1 fully saturated rings. The first kappa shape index (κ1) is 9.98. The third-order valence-electron chi connectivity index (χ3n) is 2.09. The van der Waals surface area contributed by atoms with E-state index >= 15 is 0 Å². The van der Waals surface area contributed by atoms with Gasteiger partial charge in [0.05, 0.1) is 0 Å². The van der Waals surface area contributed by atoms with Crippen LogP contribution in [0.25, 0.3) is 0 Å². The highest BCUT2D eigenvalue weighted by atomic mass is 16.6. The van der Waals surface area contributed by atoms with Gasteiger partial charge in [0, 0.05) is 12.6 Å². The van der Waals surface area contributed by atoms with E-state index in [1.807, 2.05) is 13.8 Å². The summed E-state index contributed by atoms with van der Waals surface area (Å²) in [6, 6.07) is -0.186. The lowest BCUT2D eigenvalue weighted by Crippen LogP contribution is -2.43. The number of ether oxygens (including phenoxy) is 1. The number of nitrogens with zero attached hydrogens (tertiary/aromatic N) is 1. The monoisotopic (exact) mass is 186 g/mol. The molecule has 5 heteroatoms. The van der Waals surface area contributed by atoms with Gasteiger partial charge < -0.3 is 10.5 Å². The van der Waals surface area contributed by atoms with Gasteiger partial charge in [-0.05, 0) is 5.92 Å². The maximum Gasteiger partial charge on any atom is 0.417 e. The zero-order valence-electron chi connectivity index (χ0n) is 7.82. The molecule has 1 aliphatic heterocycles. The molecule has 13 heavy (non-hydrogen) atoms. The average Bonchev–Trinajstić information content (AvgIpc) is 2.35. The normalized spacial score (nSPS) is 19.5. The predicted octanol–water partition coefficient (Wildman–Crippen LogP) is -0.0515. The van der Waals surface area contributed by atoms with E-state index < -0.39 is 6.09 Å². The Morgan fingerprint density at radius 1 is 1.54 bits per heavy atom. The molecule has 2 amide bonds. The molecule has 0 saturated carbocycles. The van der Waals surface area contributed by atoms with Gasteiger partial charge in [0.25, 0.3) is 5.91 Å². The van der Waals surface area contributed by atoms with Crippen LogP contribution in [0.5, 0.6) is 0 Å². The van der Waals surface area contributed by atoms with Gasteiger partial charge in [-0.25, -0.2) is 9.69 Å². The second-order valence-corrected chi connectivity index (χ2v) is 3.47. The maximum absolute atomic E-state index is 11.1. The molecule has 0 unspecified atom stereocenters. The number of hydrogen-bond donors (Lipinski definition) is 1. The molecule has 0 aromatic carbocycles. The summed E-state index contributed by atoms with van der Waals surface area (Å²) in [7, 11) is 0. The molecule has 0 bridgehead atoms. The van der Waals surface area contributed by atoms with Gasteiger partial charge in [-0.15, -0.1) is 0 Å². The van der Waals surface area contributed by atoms with Crippen molar-refractivity contribution in [3.63, 3.8) is 0 Å². The molecule has 5 nitrogen and oxygen atoms in total. The summed E-state index contributed by atoms with van der Waals surface area (Å²) in [4.78, 5) is 23.1. The average molecular weight is 186 g/mol. The molecule has 1 heterocycles. The minimum absolute atomic E-state index is 0.149. The van der Waals surface area contributed by atoms with Crippen LogP contribution in [0.4, 0.5) is 4.79 Å². The summed E-state index contributed by atoms with van der Waals surface area (Å²) < 4.78 is 4.54. The number of hydrogen-bond acceptors (Lipinski definition) is 4. The molecule has 1 aliphatic rings. The zero-order valence-corrected chi connectivity index (χ0v) is 7.82. The van der Waals surface area contributed by atoms with Crippen molar-refractivity contribution in [1.82, 2.24) is 4.90 Å². The van der Waals surface area contributed by atoms with Crippen molar-refractivity contribution in [1.29, 1.82) is 0 Å². The summed E-state index contributed by atoms with van der Waals surface area (Å²) >= 11 is 0. The highest BCUT2D eigenvalue weighted by Gasteiger charge is 2.32. The van der Waals surface area contributed by atoms with Crippen LogP contribution in [0.3, 0.4) is 0 Å². The number of cyclic esters (lactones) is 1. The van der Waals surface area contributed by atoms with E-state index in [9.17, 15) is 9.59 Å². The molecule has 0 spiro atoms. The van der Waals surface area contributed by atoms with Gasteiger partial charge in [0.2, 0.25) is 0 Å². The Morgan fingerprint density at radius 2 is 2.15 bits per heavy atom. The Hall–Kier alpha value is -1.10. The van der Waals surface area contributed by atoms with Crippen molar-refractivity contribution in [3.8, 4) is 0 Å². The van der Waals surface area contributed by atoms with Crippen LogP contribution in [-0.4, -0.2) is 36.1 Å². The molecular weight excluding hydrogens is 172 g/mol. The standard InChI is InChI=1S/C8H14N2O3/c1-5(2)6(9)3-10-7(11)4-13-8(10)12/h5-6H,3-4,9H2,1-2H3/t6-/m1/s1. The van der Waals surface area contributed by atoms with Gasteiger partial charge in [-0.2, -0.15) is 0 Å². The van der Waals surface area contributed by atoms with Crippen molar-refractivity contribution in [2.45, 2.75) is 19.9 Å². The van der Waals surface area contributed by atoms with Gasteiger partial charge >= 0.3 is 6.09 Å². The third kappa shape index (κ3) is 2.18. The highest BCUT2D eigenvalue weighted by molar-refractivity contribution is 5.97. The highest BCUT2D eigenvalue weighted by Crippen LogP contribution is 2.08. The van der Waals surface area contributed by atoms with E-state index in [1.54, 1.807) is 0 Å². The van der Waals surface area contributed by atoms with Crippen LogP contribution >= 0.6 is 0 Å². The molecule has 1 rings (SSSR count). The van der Waals surface area contributed by atoms with Crippen molar-refractivity contribution >= 4 is 12.0 Å². The van der Waals surface area contributed by atoms with Crippen molar-refractivity contribution in [2.24, 2.45) is 11.7 Å². The Morgan fingerprint density at radius 3 is 2.54 bits per heavy atom. The molecular formula is C8H14N2O3. The largest absolute Gasteiger partial charge is 0.439 e. The van der Waals surface area contributed by atoms with E-state index in [2.05, 4.69) is 4.74 Å². The van der Waals surface area contributed by atoms with Crippen LogP contribution in [0, 0.1) is 5.92 Å². The van der Waals surface area contributed by atoms with Crippen molar-refractivity contribution in [2.75, 3.05) is 13.2 Å². The summed E-state index contributed by atoms with van der Waals surface area (Å²) in [6.45, 7) is 3.98. The Kier molecular flexibility index (Phi) is 2.87. The number of rotatable bonds is 3. The summed E-state index contributed by atoms with van der Waals surface area (Å²) in [5, 5.41) is 0. The first-order chi connectivity index (χ1) is 6.02. The van der Waals surface area contributed by atoms with Gasteiger partial charge in [0.15, 0.2) is 6.61 Å². The fourth-order valence-corrected chi connectivity index (χ4v) is 0.979. The Balaban J connectivity index is 2.52. The topological polar surface area (TPSA) is 72.6 Å². The predicted molar refractivity (Wildman–Crippen MR) is 45.9 cm³/mol. The lowest BCUT2D eigenvalue weighted by atomic mass is 10.1. The fraction of sp³-hybridized carbons (Fsp3) is 0.750. The molecule has 0 aliphatic carbocycles. The van der Waals surface area contributed by atoms with Crippen LogP contribution in [0.15, 0.2) is 0 Å². The first-order valence-corrected chi connectivity index (χ1v) is 4.25. The van der Waals surface area contributed by atoms with E-state index in [0.717, 1.165) is 4.90 Å². The zero-order chi connectivity index (χ0) is 10.0. The smallest absolute Gasteiger partial charge is 0.417 e. The van der Waals surface area contributed by atoms with Crippen LogP contribution in [0.1, 0.15) is 13.8 Å². The Labute approximate surface area is 76.8 Å². The minimum atomic E-state index is -0.582. The molecule has 1 saturated heterocycles. The SMILES string of the molecule is CC(C)[C@H](N)CN1C(=O)COC1=O. The summed E-state index contributed by atoms with van der Waals surface area (Å²) in [6.07, 6.45) is -0.582. The molecule has 0 aromatic heterocycles. The lowest BCUT2D eigenvalue weighted by molar-refractivity contribution is -0.126. The van der Waals surface area contributed by atoms with E-state index in [-0.39, 0.29) is 31.0 Å². The first-order valence-electron chi connectivity index (χ1n) is 4.25. The maximum atomic E-state index is 11.1. The van der Waals surface area contributed by atoms with E-state index in [0.29, 0.717) is 0 Å². The molecule has 0 aromatic rings. The summed E-state index contributed by atoms with van der Waals surface area (Å²) in [5.41, 5.74) is 5.72. The van der Waals surface area contributed by atoms with Crippen LogP contribution in [0.2, 0.25) is 0 Å². The summed E-state index contributed by atoms with van der Waals surface area (Å²) in [5.74, 6) is -0.0673. The van der Waals surface area contributed by atoms with Gasteiger partial charge in [-0.3, -0.25) is 4.79 Å². The number of carbonyl (C=O) groups is 2. The van der Waals surface area contributed by atoms with E-state index in [1.165, 1.54) is 0 Å². The quantitative estimate of drug-likeness (QED) is 0.670. The van der Waals surface area contributed by atoms with Crippen molar-refractivity contribution in [3.05, 3.63) is 0 Å². The molecule has 2 N–H and O–H groups in total. The second kappa shape index (κ2) is 3.74. The van der Waals surface area contributed by atoms with Crippen LogP contribution in [-0.2, 0) is 9.53 Å². The second-order valence-electron chi connectivity index (χ2n) is 3.47. The minimum Gasteiger partial charge on any atom is -0.439 e. The fourth-order valence-electron chi connectivity index (χ4n) is 0.979. The number of amides is 2. The molecule has 74 valence electrons. The van der Waals surface area contributed by atoms with Gasteiger partial charge in [-0.1, -0.05) is 13.8 Å². The number of carbonyl (C=O) groups excluding carboxylic acids is 2. The molecule has 1 atom stereocenters. The third-order valence-corrected chi connectivity index (χ3v) is 2.09. The van der Waals surface area contributed by atoms with Gasteiger partial charge in [0.1, 0.15) is 0 Å². The number of nitrogens with two attached hydrogens (primary N) is 1. The Bertz CT molecular complexity index is 211. The lowest BCUT2D eigenvalue weighted by Gasteiger charge is -2.19. The van der Waals surface area contributed by atoms with Crippen molar-refractivity contribution < 1.29 is 14.3 Å². The van der Waals surface area contributed by atoms with Crippen LogP contribution < -0.4 is 5.73 Å². The molecule has 0 radical (unpaired) electrons. The van der Waals surface area contributed by atoms with E-state index in [4.69, 9.17) is 5.73 Å². The number of imide groups is 1.